The number of rotatable bonds is 8. The van der Waals surface area contributed by atoms with E-state index in [0.717, 1.165) is 70.0 Å². The Hall–Kier alpha value is -2.18. The van der Waals surface area contributed by atoms with Crippen molar-refractivity contribution in [2.75, 3.05) is 42.5 Å². The van der Waals surface area contributed by atoms with E-state index in [1.165, 1.54) is 24.2 Å². The quantitative estimate of drug-likeness (QED) is 0.657. The number of nitrogens with zero attached hydrogens (tertiary/aromatic N) is 4. The number of anilines is 2. The van der Waals surface area contributed by atoms with E-state index >= 15 is 0 Å². The van der Waals surface area contributed by atoms with Gasteiger partial charge in [0, 0.05) is 49.7 Å². The molecule has 2 aliphatic rings. The van der Waals surface area contributed by atoms with Crippen LogP contribution < -0.4 is 20.9 Å². The fourth-order valence-electron chi connectivity index (χ4n) is 4.95. The molecular weight excluding hydrogens is 396 g/mol. The number of aromatic nitrogens is 2. The van der Waals surface area contributed by atoms with Crippen LogP contribution in [-0.4, -0.2) is 54.8 Å². The Morgan fingerprint density at radius 2 is 1.72 bits per heavy atom. The second kappa shape index (κ2) is 11.1. The standard InChI is InChI=1S/C26H40N6/c1-3-22-9-4-12-25(29-22)32-17-7-10-23(19-32)28-15-14-20(2)24-11-5-13-26(30-24)31-16-6-8-21(27)18-31/h4-5,9,11-13,20-21,23,28H,3,6-8,10,14-19,27H2,1-2H3/t20?,21-,23-/m0/s1. The van der Waals surface area contributed by atoms with Gasteiger partial charge in [0.1, 0.15) is 11.6 Å². The number of nitrogens with two attached hydrogens (primary N) is 1. The summed E-state index contributed by atoms with van der Waals surface area (Å²) >= 11 is 0. The summed E-state index contributed by atoms with van der Waals surface area (Å²) in [4.78, 5) is 14.6. The maximum atomic E-state index is 6.17. The minimum absolute atomic E-state index is 0.269. The van der Waals surface area contributed by atoms with E-state index in [1.807, 2.05) is 0 Å². The molecule has 4 rings (SSSR count). The van der Waals surface area contributed by atoms with Gasteiger partial charge in [0.05, 0.1) is 0 Å². The monoisotopic (exact) mass is 436 g/mol. The molecule has 2 fully saturated rings. The van der Waals surface area contributed by atoms with Crippen molar-refractivity contribution in [2.45, 2.75) is 70.4 Å². The summed E-state index contributed by atoms with van der Waals surface area (Å²) in [5.41, 5.74) is 8.54. The molecule has 6 heteroatoms. The zero-order chi connectivity index (χ0) is 22.3. The van der Waals surface area contributed by atoms with Crippen LogP contribution in [0.1, 0.15) is 63.3 Å². The summed E-state index contributed by atoms with van der Waals surface area (Å²) in [5, 5.41) is 3.81. The number of hydrogen-bond acceptors (Lipinski definition) is 6. The highest BCUT2D eigenvalue weighted by atomic mass is 15.2. The van der Waals surface area contributed by atoms with E-state index in [1.54, 1.807) is 0 Å². The van der Waals surface area contributed by atoms with Gasteiger partial charge in [-0.2, -0.15) is 0 Å². The average molecular weight is 437 g/mol. The Labute approximate surface area is 193 Å². The maximum Gasteiger partial charge on any atom is 0.128 e. The zero-order valence-electron chi connectivity index (χ0n) is 19.8. The minimum atomic E-state index is 0.269. The van der Waals surface area contributed by atoms with Gasteiger partial charge in [-0.05, 0) is 75.3 Å². The molecule has 2 saturated heterocycles. The number of nitrogens with one attached hydrogen (secondary N) is 1. The molecule has 3 atom stereocenters. The highest BCUT2D eigenvalue weighted by molar-refractivity contribution is 5.41. The van der Waals surface area contributed by atoms with Crippen molar-refractivity contribution in [3.63, 3.8) is 0 Å². The largest absolute Gasteiger partial charge is 0.355 e. The van der Waals surface area contributed by atoms with Gasteiger partial charge in [-0.15, -0.1) is 0 Å². The lowest BCUT2D eigenvalue weighted by Gasteiger charge is -2.34. The van der Waals surface area contributed by atoms with Crippen LogP contribution in [0.2, 0.25) is 0 Å². The van der Waals surface area contributed by atoms with Crippen LogP contribution in [0.5, 0.6) is 0 Å². The third-order valence-electron chi connectivity index (χ3n) is 6.95. The lowest BCUT2D eigenvalue weighted by Crippen LogP contribution is -2.46. The lowest BCUT2D eigenvalue weighted by molar-refractivity contribution is 0.412. The molecule has 2 aromatic heterocycles. The van der Waals surface area contributed by atoms with Crippen LogP contribution in [-0.2, 0) is 6.42 Å². The van der Waals surface area contributed by atoms with E-state index in [4.69, 9.17) is 15.7 Å². The van der Waals surface area contributed by atoms with Crippen LogP contribution in [0.15, 0.2) is 36.4 Å². The summed E-state index contributed by atoms with van der Waals surface area (Å²) in [5.74, 6) is 2.65. The first-order valence-corrected chi connectivity index (χ1v) is 12.5. The molecule has 0 aromatic carbocycles. The molecule has 0 saturated carbocycles. The smallest absolute Gasteiger partial charge is 0.128 e. The Bertz CT molecular complexity index is 856. The van der Waals surface area contributed by atoms with E-state index in [0.29, 0.717) is 12.0 Å². The van der Waals surface area contributed by atoms with Gasteiger partial charge < -0.3 is 20.9 Å². The predicted molar refractivity (Wildman–Crippen MR) is 134 cm³/mol. The molecule has 0 amide bonds. The van der Waals surface area contributed by atoms with Crippen molar-refractivity contribution >= 4 is 11.6 Å². The van der Waals surface area contributed by atoms with Gasteiger partial charge in [-0.25, -0.2) is 9.97 Å². The molecule has 6 nitrogen and oxygen atoms in total. The Kier molecular flexibility index (Phi) is 7.98. The van der Waals surface area contributed by atoms with Crippen LogP contribution in [0, 0.1) is 0 Å². The number of aryl methyl sites for hydroxylation is 1. The van der Waals surface area contributed by atoms with Gasteiger partial charge in [0.25, 0.3) is 0 Å². The van der Waals surface area contributed by atoms with Gasteiger partial charge in [-0.1, -0.05) is 26.0 Å². The van der Waals surface area contributed by atoms with Gasteiger partial charge in [0.15, 0.2) is 0 Å². The van der Waals surface area contributed by atoms with Crippen LogP contribution in [0.3, 0.4) is 0 Å². The van der Waals surface area contributed by atoms with Crippen LogP contribution >= 0.6 is 0 Å². The topological polar surface area (TPSA) is 70.3 Å². The summed E-state index contributed by atoms with van der Waals surface area (Å²) in [6, 6.07) is 13.7. The third kappa shape index (κ3) is 5.99. The van der Waals surface area contributed by atoms with Crippen molar-refractivity contribution < 1.29 is 0 Å². The van der Waals surface area contributed by atoms with Gasteiger partial charge >= 0.3 is 0 Å². The Balaban J connectivity index is 1.27. The molecular formula is C26H40N6. The fraction of sp³-hybridized carbons (Fsp3) is 0.615. The summed E-state index contributed by atoms with van der Waals surface area (Å²) in [6.45, 7) is 9.60. The third-order valence-corrected chi connectivity index (χ3v) is 6.95. The second-order valence-corrected chi connectivity index (χ2v) is 9.54. The Morgan fingerprint density at radius 1 is 1.00 bits per heavy atom. The zero-order valence-corrected chi connectivity index (χ0v) is 19.8. The van der Waals surface area contributed by atoms with Gasteiger partial charge in [-0.3, -0.25) is 0 Å². The van der Waals surface area contributed by atoms with E-state index in [-0.39, 0.29) is 6.04 Å². The van der Waals surface area contributed by atoms with Crippen LogP contribution in [0.4, 0.5) is 11.6 Å². The molecule has 32 heavy (non-hydrogen) atoms. The average Bonchev–Trinajstić information content (AvgIpc) is 2.84. The fourth-order valence-corrected chi connectivity index (χ4v) is 4.95. The first-order valence-electron chi connectivity index (χ1n) is 12.5. The van der Waals surface area contributed by atoms with Crippen molar-refractivity contribution in [3.05, 3.63) is 47.8 Å². The molecule has 2 aliphatic heterocycles. The predicted octanol–water partition coefficient (Wildman–Crippen LogP) is 3.72. The molecule has 174 valence electrons. The molecule has 0 spiro atoms. The van der Waals surface area contributed by atoms with Crippen molar-refractivity contribution in [2.24, 2.45) is 5.73 Å². The summed E-state index contributed by atoms with van der Waals surface area (Å²) in [7, 11) is 0. The highest BCUT2D eigenvalue weighted by Gasteiger charge is 2.22. The molecule has 4 heterocycles. The van der Waals surface area contributed by atoms with Crippen molar-refractivity contribution in [3.8, 4) is 0 Å². The maximum absolute atomic E-state index is 6.17. The summed E-state index contributed by atoms with van der Waals surface area (Å²) < 4.78 is 0. The molecule has 2 aromatic rings. The van der Waals surface area contributed by atoms with Crippen molar-refractivity contribution in [1.29, 1.82) is 0 Å². The molecule has 1 unspecified atom stereocenters. The molecule has 0 bridgehead atoms. The first kappa shape index (κ1) is 23.0. The summed E-state index contributed by atoms with van der Waals surface area (Å²) in [6.07, 6.45) is 6.81. The first-order chi connectivity index (χ1) is 15.6. The Morgan fingerprint density at radius 3 is 2.50 bits per heavy atom. The molecule has 0 aliphatic carbocycles. The second-order valence-electron chi connectivity index (χ2n) is 9.54. The highest BCUT2D eigenvalue weighted by Crippen LogP contribution is 2.23. The number of piperidine rings is 2. The molecule has 3 N–H and O–H groups in total. The van der Waals surface area contributed by atoms with E-state index < -0.39 is 0 Å². The van der Waals surface area contributed by atoms with Gasteiger partial charge in [0.2, 0.25) is 0 Å². The minimum Gasteiger partial charge on any atom is -0.355 e. The number of pyridine rings is 2. The van der Waals surface area contributed by atoms with Crippen molar-refractivity contribution in [1.82, 2.24) is 15.3 Å². The van der Waals surface area contributed by atoms with E-state index in [2.05, 4.69) is 65.4 Å². The normalized spacial score (nSPS) is 22.7. The lowest BCUT2D eigenvalue weighted by atomic mass is 10.0. The van der Waals surface area contributed by atoms with E-state index in [9.17, 15) is 0 Å². The SMILES string of the molecule is CCc1cccc(N2CCC[C@H](NCCC(C)c3cccc(N4CCC[C@H](N)C4)n3)C2)n1. The van der Waals surface area contributed by atoms with Crippen LogP contribution in [0.25, 0.3) is 0 Å². The number of hydrogen-bond donors (Lipinski definition) is 2. The molecule has 0 radical (unpaired) electrons.